The molecular weight excluding hydrogens is 342 g/mol. The van der Waals surface area contributed by atoms with Crippen molar-refractivity contribution >= 4 is 5.95 Å². The fourth-order valence-electron chi connectivity index (χ4n) is 3.20. The highest BCUT2D eigenvalue weighted by atomic mass is 16.5. The number of rotatable bonds is 3. The van der Waals surface area contributed by atoms with Gasteiger partial charge in [-0.05, 0) is 18.6 Å². The van der Waals surface area contributed by atoms with E-state index in [0.717, 1.165) is 5.56 Å². The molecule has 138 valence electrons. The Morgan fingerprint density at radius 2 is 1.96 bits per heavy atom. The monoisotopic (exact) mass is 363 g/mol. The second kappa shape index (κ2) is 7.28. The van der Waals surface area contributed by atoms with E-state index in [4.69, 9.17) is 9.72 Å². The molecule has 1 fully saturated rings. The Morgan fingerprint density at radius 3 is 2.70 bits per heavy atom. The van der Waals surface area contributed by atoms with Gasteiger partial charge < -0.3 is 9.64 Å². The minimum Gasteiger partial charge on any atom is -0.370 e. The van der Waals surface area contributed by atoms with Crippen molar-refractivity contribution in [1.82, 2.24) is 19.5 Å². The van der Waals surface area contributed by atoms with Crippen LogP contribution < -0.4 is 10.5 Å². The van der Waals surface area contributed by atoms with Gasteiger partial charge in [-0.1, -0.05) is 29.8 Å². The molecule has 4 rings (SSSR count). The van der Waals surface area contributed by atoms with E-state index >= 15 is 0 Å². The summed E-state index contributed by atoms with van der Waals surface area (Å²) in [5.74, 6) is 0.622. The normalized spacial score (nSPS) is 17.1. The number of aryl methyl sites for hydroxylation is 1. The van der Waals surface area contributed by atoms with Crippen LogP contribution in [0.15, 0.2) is 53.7 Å². The van der Waals surface area contributed by atoms with Gasteiger partial charge in [0.25, 0.3) is 5.56 Å². The van der Waals surface area contributed by atoms with Crippen molar-refractivity contribution in [2.45, 2.75) is 13.0 Å². The van der Waals surface area contributed by atoms with E-state index in [1.807, 2.05) is 0 Å². The zero-order valence-corrected chi connectivity index (χ0v) is 15.4. The van der Waals surface area contributed by atoms with Crippen LogP contribution in [0, 0.1) is 6.92 Å². The fourth-order valence-corrected chi connectivity index (χ4v) is 3.20. The molecule has 2 aromatic heterocycles. The van der Waals surface area contributed by atoms with Gasteiger partial charge in [0.15, 0.2) is 0 Å². The van der Waals surface area contributed by atoms with Crippen molar-refractivity contribution in [3.63, 3.8) is 0 Å². The van der Waals surface area contributed by atoms with Gasteiger partial charge in [-0.3, -0.25) is 9.36 Å². The SMILES string of the molecule is Cc1ccc(C2CN(c3nc(-c4ccncn4)cc(=O)n3C)CCO2)cc1. The number of nitrogens with zero attached hydrogens (tertiary/aromatic N) is 5. The third-order valence-electron chi connectivity index (χ3n) is 4.75. The van der Waals surface area contributed by atoms with Crippen LogP contribution in [0.4, 0.5) is 5.95 Å². The van der Waals surface area contributed by atoms with Crippen molar-refractivity contribution in [1.29, 1.82) is 0 Å². The van der Waals surface area contributed by atoms with E-state index in [1.54, 1.807) is 23.9 Å². The Hall–Kier alpha value is -3.06. The standard InChI is InChI=1S/C20H21N5O2/c1-14-3-5-15(6-4-14)18-12-25(9-10-27-18)20-23-17(11-19(26)24(20)2)16-7-8-21-13-22-16/h3-8,11,13,18H,9-10,12H2,1-2H3. The van der Waals surface area contributed by atoms with Crippen molar-refractivity contribution < 1.29 is 4.74 Å². The first-order valence-corrected chi connectivity index (χ1v) is 8.89. The minimum absolute atomic E-state index is 0.0565. The van der Waals surface area contributed by atoms with Crippen molar-refractivity contribution in [2.24, 2.45) is 7.05 Å². The van der Waals surface area contributed by atoms with E-state index in [-0.39, 0.29) is 11.7 Å². The largest absolute Gasteiger partial charge is 0.370 e. The van der Waals surface area contributed by atoms with E-state index in [1.165, 1.54) is 18.0 Å². The van der Waals surface area contributed by atoms with E-state index in [0.29, 0.717) is 37.0 Å². The van der Waals surface area contributed by atoms with Crippen molar-refractivity contribution in [3.05, 3.63) is 70.4 Å². The molecule has 0 saturated carbocycles. The van der Waals surface area contributed by atoms with Gasteiger partial charge in [0.2, 0.25) is 5.95 Å². The predicted octanol–water partition coefficient (Wildman–Crippen LogP) is 2.12. The molecule has 0 bridgehead atoms. The number of hydrogen-bond donors (Lipinski definition) is 0. The predicted molar refractivity (Wildman–Crippen MR) is 103 cm³/mol. The molecule has 1 aliphatic heterocycles. The second-order valence-electron chi connectivity index (χ2n) is 6.65. The fraction of sp³-hybridized carbons (Fsp3) is 0.300. The molecule has 0 aliphatic carbocycles. The highest BCUT2D eigenvalue weighted by Gasteiger charge is 2.25. The average molecular weight is 363 g/mol. The third kappa shape index (κ3) is 3.59. The maximum atomic E-state index is 12.5. The second-order valence-corrected chi connectivity index (χ2v) is 6.65. The number of ether oxygens (including phenoxy) is 1. The van der Waals surface area contributed by atoms with Gasteiger partial charge in [0.05, 0.1) is 24.5 Å². The Balaban J connectivity index is 1.67. The molecule has 3 aromatic rings. The Labute approximate surface area is 157 Å². The van der Waals surface area contributed by atoms with E-state index < -0.39 is 0 Å². The maximum absolute atomic E-state index is 12.5. The first-order valence-electron chi connectivity index (χ1n) is 8.89. The highest BCUT2D eigenvalue weighted by Crippen LogP contribution is 2.25. The first-order chi connectivity index (χ1) is 13.1. The van der Waals surface area contributed by atoms with Crippen LogP contribution in [0.3, 0.4) is 0 Å². The molecule has 1 unspecified atom stereocenters. The van der Waals surface area contributed by atoms with Crippen LogP contribution in [0.5, 0.6) is 0 Å². The van der Waals surface area contributed by atoms with Crippen LogP contribution in [-0.2, 0) is 11.8 Å². The quantitative estimate of drug-likeness (QED) is 0.710. The lowest BCUT2D eigenvalue weighted by molar-refractivity contribution is 0.0390. The average Bonchev–Trinajstić information content (AvgIpc) is 2.71. The van der Waals surface area contributed by atoms with Crippen LogP contribution in [0.25, 0.3) is 11.4 Å². The maximum Gasteiger partial charge on any atom is 0.255 e. The van der Waals surface area contributed by atoms with Gasteiger partial charge >= 0.3 is 0 Å². The Morgan fingerprint density at radius 1 is 1.15 bits per heavy atom. The molecule has 0 spiro atoms. The van der Waals surface area contributed by atoms with E-state index in [2.05, 4.69) is 46.1 Å². The smallest absolute Gasteiger partial charge is 0.255 e. The summed E-state index contributed by atoms with van der Waals surface area (Å²) in [4.78, 5) is 27.4. The van der Waals surface area contributed by atoms with Gasteiger partial charge in [0, 0.05) is 25.9 Å². The summed E-state index contributed by atoms with van der Waals surface area (Å²) in [6.45, 7) is 3.95. The number of hydrogen-bond acceptors (Lipinski definition) is 6. The molecule has 1 aromatic carbocycles. The summed E-state index contributed by atoms with van der Waals surface area (Å²) >= 11 is 0. The molecule has 0 radical (unpaired) electrons. The molecule has 3 heterocycles. The summed E-state index contributed by atoms with van der Waals surface area (Å²) in [6.07, 6.45) is 3.04. The Kier molecular flexibility index (Phi) is 4.68. The molecule has 7 heteroatoms. The number of morpholine rings is 1. The summed E-state index contributed by atoms with van der Waals surface area (Å²) < 4.78 is 7.53. The molecule has 1 aliphatic rings. The van der Waals surface area contributed by atoms with Gasteiger partial charge in [0.1, 0.15) is 12.4 Å². The lowest BCUT2D eigenvalue weighted by atomic mass is 10.1. The summed E-state index contributed by atoms with van der Waals surface area (Å²) in [6, 6.07) is 11.6. The van der Waals surface area contributed by atoms with Gasteiger partial charge in [-0.15, -0.1) is 0 Å². The molecule has 1 saturated heterocycles. The molecule has 27 heavy (non-hydrogen) atoms. The summed E-state index contributed by atoms with van der Waals surface area (Å²) in [7, 11) is 1.74. The van der Waals surface area contributed by atoms with Gasteiger partial charge in [-0.25, -0.2) is 15.0 Å². The molecule has 7 nitrogen and oxygen atoms in total. The molecular formula is C20H21N5O2. The number of benzene rings is 1. The zero-order valence-electron chi connectivity index (χ0n) is 15.4. The zero-order chi connectivity index (χ0) is 18.8. The van der Waals surface area contributed by atoms with Crippen LogP contribution in [-0.4, -0.2) is 39.2 Å². The van der Waals surface area contributed by atoms with Crippen LogP contribution in [0.1, 0.15) is 17.2 Å². The van der Waals surface area contributed by atoms with E-state index in [9.17, 15) is 4.79 Å². The number of anilines is 1. The number of aromatic nitrogens is 4. The van der Waals surface area contributed by atoms with Crippen molar-refractivity contribution in [2.75, 3.05) is 24.6 Å². The minimum atomic E-state index is -0.119. The third-order valence-corrected chi connectivity index (χ3v) is 4.75. The highest BCUT2D eigenvalue weighted by molar-refractivity contribution is 5.55. The molecule has 0 amide bonds. The summed E-state index contributed by atoms with van der Waals surface area (Å²) in [5, 5.41) is 0. The molecule has 1 atom stereocenters. The lowest BCUT2D eigenvalue weighted by Gasteiger charge is -2.34. The van der Waals surface area contributed by atoms with Gasteiger partial charge in [-0.2, -0.15) is 0 Å². The lowest BCUT2D eigenvalue weighted by Crippen LogP contribution is -2.41. The Bertz CT molecular complexity index is 986. The summed E-state index contributed by atoms with van der Waals surface area (Å²) in [5.41, 5.74) is 3.41. The topological polar surface area (TPSA) is 73.1 Å². The first kappa shape index (κ1) is 17.4. The molecule has 0 N–H and O–H groups in total. The van der Waals surface area contributed by atoms with Crippen LogP contribution >= 0.6 is 0 Å². The van der Waals surface area contributed by atoms with Crippen molar-refractivity contribution in [3.8, 4) is 11.4 Å². The van der Waals surface area contributed by atoms with Crippen LogP contribution in [0.2, 0.25) is 0 Å².